The molecule has 1 unspecified atom stereocenters. The van der Waals surface area contributed by atoms with E-state index in [0.29, 0.717) is 11.4 Å². The highest BCUT2D eigenvalue weighted by atomic mass is 32.2. The molecule has 2 N–H and O–H groups in total. The molecule has 7 heteroatoms. The van der Waals surface area contributed by atoms with E-state index in [-0.39, 0.29) is 10.9 Å². The van der Waals surface area contributed by atoms with Crippen molar-refractivity contribution < 1.29 is 9.00 Å². The highest BCUT2D eigenvalue weighted by Gasteiger charge is 2.37. The zero-order valence-corrected chi connectivity index (χ0v) is 17.0. The lowest BCUT2D eigenvalue weighted by Crippen LogP contribution is -2.37. The van der Waals surface area contributed by atoms with Crippen LogP contribution in [0.4, 0.5) is 0 Å². The van der Waals surface area contributed by atoms with Gasteiger partial charge in [-0.15, -0.1) is 0 Å². The van der Waals surface area contributed by atoms with Crippen molar-refractivity contribution in [3.63, 3.8) is 0 Å². The minimum absolute atomic E-state index is 0.00428. The van der Waals surface area contributed by atoms with Crippen molar-refractivity contribution in [3.8, 4) is 0 Å². The van der Waals surface area contributed by atoms with E-state index in [0.717, 1.165) is 5.56 Å². The second-order valence-electron chi connectivity index (χ2n) is 7.49. The van der Waals surface area contributed by atoms with E-state index < -0.39 is 18.2 Å². The average Bonchev–Trinajstić information content (AvgIpc) is 2.36. The van der Waals surface area contributed by atoms with Gasteiger partial charge < -0.3 is 4.90 Å². The molecule has 0 fully saturated rings. The summed E-state index contributed by atoms with van der Waals surface area (Å²) < 4.78 is 17.5. The zero-order chi connectivity index (χ0) is 18.1. The van der Waals surface area contributed by atoms with E-state index in [9.17, 15) is 9.00 Å². The number of hydrogen-bond acceptors (Lipinski definition) is 3. The van der Waals surface area contributed by atoms with E-state index in [1.54, 1.807) is 24.1 Å². The maximum absolute atomic E-state index is 12.9. The molecule has 0 aliphatic carbocycles. The van der Waals surface area contributed by atoms with Crippen molar-refractivity contribution in [1.82, 2.24) is 4.90 Å². The Morgan fingerprint density at radius 1 is 1.26 bits per heavy atom. The Bertz CT molecular complexity index is 684. The molecule has 0 aromatic heterocycles. The Kier molecular flexibility index (Phi) is 5.82. The summed E-state index contributed by atoms with van der Waals surface area (Å²) in [5, 5.41) is 6.04. The fourth-order valence-electron chi connectivity index (χ4n) is 1.70. The summed E-state index contributed by atoms with van der Waals surface area (Å²) in [7, 11) is -3.27. The van der Waals surface area contributed by atoms with Gasteiger partial charge in [-0.3, -0.25) is 8.82 Å². The number of carbonyl (C=O) groups excluding carboxylic acids is 1. The first kappa shape index (κ1) is 19.9. The van der Waals surface area contributed by atoms with Gasteiger partial charge >= 0.3 is 0 Å². The third-order valence-electron chi connectivity index (χ3n) is 4.42. The molecule has 1 aromatic rings. The second kappa shape index (κ2) is 6.74. The standard InChI is InChI=1S/C16H29N3O2SSi/c1-13(20)19(5)12-14-8-10-15(11-9-14)22(17,21)18-23(6,7)16(2,3)4/h8-11H,12H2,1-7H3,(H2,17,18,21). The quantitative estimate of drug-likeness (QED) is 0.841. The lowest BCUT2D eigenvalue weighted by molar-refractivity contribution is -0.128. The Morgan fingerprint density at radius 2 is 1.74 bits per heavy atom. The molecule has 0 spiro atoms. The summed E-state index contributed by atoms with van der Waals surface area (Å²) in [4.78, 5) is 13.4. The lowest BCUT2D eigenvalue weighted by Gasteiger charge is -2.32. The van der Waals surface area contributed by atoms with E-state index in [1.165, 1.54) is 6.92 Å². The number of amides is 1. The molecule has 130 valence electrons. The van der Waals surface area contributed by atoms with Crippen LogP contribution in [0.2, 0.25) is 18.1 Å². The molecule has 0 saturated heterocycles. The van der Waals surface area contributed by atoms with Crippen molar-refractivity contribution in [2.24, 2.45) is 9.17 Å². The van der Waals surface area contributed by atoms with Crippen LogP contribution >= 0.6 is 0 Å². The fraction of sp³-hybridized carbons (Fsp3) is 0.562. The molecule has 1 atom stereocenters. The molecule has 0 radical (unpaired) electrons. The normalized spacial score (nSPS) is 15.0. The molecular formula is C16H29N3O2SSi. The first-order valence-corrected chi connectivity index (χ1v) is 12.2. The van der Waals surface area contributed by atoms with Gasteiger partial charge in [-0.1, -0.05) is 32.9 Å². The second-order valence-corrected chi connectivity index (χ2v) is 14.4. The first-order valence-electron chi connectivity index (χ1n) is 7.63. The van der Waals surface area contributed by atoms with Crippen LogP contribution in [0.15, 0.2) is 33.2 Å². The SMILES string of the molecule is CC(=O)N(C)Cc1ccc(S(N)(=O)=N[Si](C)(C)C(C)(C)C)cc1. The van der Waals surface area contributed by atoms with Crippen LogP contribution in [0.25, 0.3) is 0 Å². The summed E-state index contributed by atoms with van der Waals surface area (Å²) in [6, 6.07) is 7.20. The fourth-order valence-corrected chi connectivity index (χ4v) is 6.46. The van der Waals surface area contributed by atoms with Crippen LogP contribution in [0.5, 0.6) is 0 Å². The highest BCUT2D eigenvalue weighted by Crippen LogP contribution is 2.37. The number of hydrogen-bond donors (Lipinski definition) is 1. The summed E-state index contributed by atoms with van der Waals surface area (Å²) >= 11 is 0. The van der Waals surface area contributed by atoms with Gasteiger partial charge in [0.1, 0.15) is 9.92 Å². The van der Waals surface area contributed by atoms with Crippen LogP contribution < -0.4 is 5.14 Å². The van der Waals surface area contributed by atoms with E-state index >= 15 is 0 Å². The van der Waals surface area contributed by atoms with Gasteiger partial charge in [0.15, 0.2) is 8.24 Å². The van der Waals surface area contributed by atoms with Crippen LogP contribution in [0.3, 0.4) is 0 Å². The third-order valence-corrected chi connectivity index (χ3v) is 11.9. The lowest BCUT2D eigenvalue weighted by atomic mass is 10.2. The Labute approximate surface area is 141 Å². The van der Waals surface area contributed by atoms with Crippen molar-refractivity contribution in [2.75, 3.05) is 7.05 Å². The summed E-state index contributed by atoms with van der Waals surface area (Å²) in [6.07, 6.45) is 0. The number of carbonyl (C=O) groups is 1. The van der Waals surface area contributed by atoms with E-state index in [2.05, 4.69) is 37.9 Å². The third kappa shape index (κ3) is 5.15. The van der Waals surface area contributed by atoms with Crippen molar-refractivity contribution >= 4 is 24.1 Å². The molecule has 0 aliphatic rings. The number of benzene rings is 1. The minimum atomic E-state index is -2.91. The van der Waals surface area contributed by atoms with Crippen LogP contribution in [-0.4, -0.2) is 30.3 Å². The molecule has 1 rings (SSSR count). The van der Waals surface area contributed by atoms with Crippen LogP contribution in [0.1, 0.15) is 33.3 Å². The molecule has 1 amide bonds. The molecule has 0 aliphatic heterocycles. The molecule has 23 heavy (non-hydrogen) atoms. The van der Waals surface area contributed by atoms with Crippen molar-refractivity contribution in [3.05, 3.63) is 29.8 Å². The summed E-state index contributed by atoms with van der Waals surface area (Å²) in [5.74, 6) is 0.00428. The van der Waals surface area contributed by atoms with Gasteiger partial charge in [-0.25, -0.2) is 9.35 Å². The Hall–Kier alpha value is -1.18. The zero-order valence-electron chi connectivity index (χ0n) is 15.2. The van der Waals surface area contributed by atoms with E-state index in [4.69, 9.17) is 5.14 Å². The number of rotatable bonds is 4. The van der Waals surface area contributed by atoms with Gasteiger partial charge in [-0.2, -0.15) is 0 Å². The molecule has 0 saturated carbocycles. The number of nitrogens with two attached hydrogens (primary N) is 1. The molecule has 0 bridgehead atoms. The van der Waals surface area contributed by atoms with Crippen molar-refractivity contribution in [2.45, 2.75) is 57.3 Å². The molecular weight excluding hydrogens is 326 g/mol. The predicted molar refractivity (Wildman–Crippen MR) is 98.8 cm³/mol. The Morgan fingerprint density at radius 3 is 2.13 bits per heavy atom. The molecule has 0 heterocycles. The van der Waals surface area contributed by atoms with Crippen LogP contribution in [0, 0.1) is 0 Å². The molecule has 5 nitrogen and oxygen atoms in total. The predicted octanol–water partition coefficient (Wildman–Crippen LogP) is 3.37. The summed E-state index contributed by atoms with van der Waals surface area (Å²) in [6.45, 7) is 12.5. The maximum atomic E-state index is 12.9. The van der Waals surface area contributed by atoms with Crippen LogP contribution in [-0.2, 0) is 21.3 Å². The molecule has 1 aromatic carbocycles. The van der Waals surface area contributed by atoms with Gasteiger partial charge in [0.05, 0.1) is 4.90 Å². The number of nitrogens with zero attached hydrogens (tertiary/aromatic N) is 2. The smallest absolute Gasteiger partial charge is 0.219 e. The van der Waals surface area contributed by atoms with Gasteiger partial charge in [0, 0.05) is 20.5 Å². The topological polar surface area (TPSA) is 75.8 Å². The highest BCUT2D eigenvalue weighted by molar-refractivity contribution is 7.92. The Balaban J connectivity index is 3.12. The monoisotopic (exact) mass is 355 g/mol. The van der Waals surface area contributed by atoms with Crippen molar-refractivity contribution in [1.29, 1.82) is 0 Å². The maximum Gasteiger partial charge on any atom is 0.219 e. The summed E-state index contributed by atoms with van der Waals surface area (Å²) in [5.41, 5.74) is 0.967. The minimum Gasteiger partial charge on any atom is -0.342 e. The van der Waals surface area contributed by atoms with E-state index in [1.807, 2.05) is 12.1 Å². The largest absolute Gasteiger partial charge is 0.342 e. The van der Waals surface area contributed by atoms with Gasteiger partial charge in [-0.05, 0) is 35.8 Å². The average molecular weight is 356 g/mol. The van der Waals surface area contributed by atoms with Gasteiger partial charge in [0.2, 0.25) is 5.91 Å². The first-order chi connectivity index (χ1) is 10.3. The van der Waals surface area contributed by atoms with Gasteiger partial charge in [0.25, 0.3) is 0 Å².